The number of aliphatic hydroxyl groups is 1. The number of piperidine rings is 1. The van der Waals surface area contributed by atoms with Crippen molar-refractivity contribution < 1.29 is 14.6 Å². The topological polar surface area (TPSA) is 41.9 Å². The highest BCUT2D eigenvalue weighted by Crippen LogP contribution is 2.32. The Balaban J connectivity index is 1.56. The number of ether oxygens (including phenoxy) is 2. The van der Waals surface area contributed by atoms with Crippen LogP contribution in [0.2, 0.25) is 0 Å². The summed E-state index contributed by atoms with van der Waals surface area (Å²) in [5, 5.41) is 9.63. The van der Waals surface area contributed by atoms with Gasteiger partial charge in [0.1, 0.15) is 0 Å². The Hall–Kier alpha value is -1.26. The van der Waals surface area contributed by atoms with Gasteiger partial charge in [0, 0.05) is 13.1 Å². The Morgan fingerprint density at radius 2 is 2.17 bits per heavy atom. The average molecular weight is 249 g/mol. The van der Waals surface area contributed by atoms with E-state index >= 15 is 0 Å². The molecule has 0 saturated carbocycles. The Labute approximate surface area is 107 Å². The molecular formula is C14H19NO3. The highest BCUT2D eigenvalue weighted by Gasteiger charge is 2.18. The lowest BCUT2D eigenvalue weighted by Crippen LogP contribution is -2.39. The van der Waals surface area contributed by atoms with Crippen molar-refractivity contribution in [3.63, 3.8) is 0 Å². The van der Waals surface area contributed by atoms with Crippen LogP contribution >= 0.6 is 0 Å². The number of likely N-dealkylation sites (tertiary alicyclic amines) is 1. The Morgan fingerprint density at radius 3 is 3.06 bits per heavy atom. The number of hydrogen-bond acceptors (Lipinski definition) is 4. The van der Waals surface area contributed by atoms with E-state index in [1.165, 1.54) is 5.56 Å². The van der Waals surface area contributed by atoms with E-state index in [0.717, 1.165) is 50.4 Å². The molecule has 0 bridgehead atoms. The lowest BCUT2D eigenvalue weighted by molar-refractivity contribution is 0.0714. The summed E-state index contributed by atoms with van der Waals surface area (Å²) >= 11 is 0. The quantitative estimate of drug-likeness (QED) is 0.879. The van der Waals surface area contributed by atoms with E-state index in [9.17, 15) is 5.11 Å². The fourth-order valence-corrected chi connectivity index (χ4v) is 2.62. The number of β-amino-alcohol motifs (C(OH)–C–C–N with tert-alkyl or cyclic N) is 1. The normalized spacial score (nSPS) is 23.3. The zero-order valence-electron chi connectivity index (χ0n) is 10.5. The first kappa shape index (κ1) is 11.8. The van der Waals surface area contributed by atoms with Crippen molar-refractivity contribution in [3.05, 3.63) is 23.8 Å². The zero-order valence-corrected chi connectivity index (χ0v) is 10.5. The van der Waals surface area contributed by atoms with Crippen molar-refractivity contribution in [2.45, 2.75) is 25.4 Å². The van der Waals surface area contributed by atoms with Crippen LogP contribution in [0.5, 0.6) is 11.5 Å². The van der Waals surface area contributed by atoms with Gasteiger partial charge in [-0.2, -0.15) is 0 Å². The maximum absolute atomic E-state index is 9.63. The third-order valence-electron chi connectivity index (χ3n) is 3.63. The molecule has 1 fully saturated rings. The van der Waals surface area contributed by atoms with E-state index in [-0.39, 0.29) is 6.10 Å². The van der Waals surface area contributed by atoms with Gasteiger partial charge >= 0.3 is 0 Å². The first-order chi connectivity index (χ1) is 8.81. The van der Waals surface area contributed by atoms with Gasteiger partial charge in [-0.1, -0.05) is 6.07 Å². The minimum absolute atomic E-state index is 0.143. The fourth-order valence-electron chi connectivity index (χ4n) is 2.62. The SMILES string of the molecule is OC1CCCN(CCc2ccc3c(c2)OCO3)C1. The molecule has 0 spiro atoms. The van der Waals surface area contributed by atoms with Gasteiger partial charge in [-0.05, 0) is 43.5 Å². The summed E-state index contributed by atoms with van der Waals surface area (Å²) in [6.07, 6.45) is 2.89. The van der Waals surface area contributed by atoms with Gasteiger partial charge in [0.05, 0.1) is 6.10 Å². The molecular weight excluding hydrogens is 230 g/mol. The molecule has 3 rings (SSSR count). The molecule has 1 atom stereocenters. The van der Waals surface area contributed by atoms with Gasteiger partial charge in [-0.3, -0.25) is 0 Å². The summed E-state index contributed by atoms with van der Waals surface area (Å²) in [6.45, 7) is 3.24. The van der Waals surface area contributed by atoms with Crippen molar-refractivity contribution in [2.24, 2.45) is 0 Å². The number of benzene rings is 1. The smallest absolute Gasteiger partial charge is 0.231 e. The number of fused-ring (bicyclic) bond motifs is 1. The number of aliphatic hydroxyl groups excluding tert-OH is 1. The van der Waals surface area contributed by atoms with Gasteiger partial charge in [0.2, 0.25) is 6.79 Å². The van der Waals surface area contributed by atoms with Crippen LogP contribution in [0.4, 0.5) is 0 Å². The monoisotopic (exact) mass is 249 g/mol. The maximum Gasteiger partial charge on any atom is 0.231 e. The molecule has 0 aliphatic carbocycles. The van der Waals surface area contributed by atoms with Crippen LogP contribution in [-0.2, 0) is 6.42 Å². The number of nitrogens with zero attached hydrogens (tertiary/aromatic N) is 1. The van der Waals surface area contributed by atoms with E-state index in [1.54, 1.807) is 0 Å². The largest absolute Gasteiger partial charge is 0.454 e. The lowest BCUT2D eigenvalue weighted by atomic mass is 10.1. The third kappa shape index (κ3) is 2.60. The average Bonchev–Trinajstić information content (AvgIpc) is 2.84. The van der Waals surface area contributed by atoms with E-state index in [2.05, 4.69) is 17.0 Å². The van der Waals surface area contributed by atoms with Crippen molar-refractivity contribution in [3.8, 4) is 11.5 Å². The van der Waals surface area contributed by atoms with Crippen LogP contribution in [0.25, 0.3) is 0 Å². The summed E-state index contributed by atoms with van der Waals surface area (Å²) in [6, 6.07) is 6.12. The standard InChI is InChI=1S/C14H19NO3/c16-12-2-1-6-15(9-12)7-5-11-3-4-13-14(8-11)18-10-17-13/h3-4,8,12,16H,1-2,5-7,9-10H2. The van der Waals surface area contributed by atoms with Crippen LogP contribution in [0.15, 0.2) is 18.2 Å². The first-order valence-electron chi connectivity index (χ1n) is 6.60. The highest BCUT2D eigenvalue weighted by atomic mass is 16.7. The molecule has 4 nitrogen and oxygen atoms in total. The predicted octanol–water partition coefficient (Wildman–Crippen LogP) is 1.41. The van der Waals surface area contributed by atoms with E-state index in [4.69, 9.17) is 9.47 Å². The summed E-state index contributed by atoms with van der Waals surface area (Å²) in [7, 11) is 0. The second kappa shape index (κ2) is 5.16. The van der Waals surface area contributed by atoms with Gasteiger partial charge < -0.3 is 19.5 Å². The molecule has 2 heterocycles. The molecule has 18 heavy (non-hydrogen) atoms. The second-order valence-corrected chi connectivity index (χ2v) is 5.03. The molecule has 1 N–H and O–H groups in total. The molecule has 1 unspecified atom stereocenters. The molecule has 1 saturated heterocycles. The summed E-state index contributed by atoms with van der Waals surface area (Å²) < 4.78 is 10.7. The molecule has 98 valence electrons. The van der Waals surface area contributed by atoms with Gasteiger partial charge in [0.25, 0.3) is 0 Å². The maximum atomic E-state index is 9.63. The third-order valence-corrected chi connectivity index (χ3v) is 3.63. The Kier molecular flexibility index (Phi) is 3.39. The van der Waals surface area contributed by atoms with E-state index in [1.807, 2.05) is 6.07 Å². The summed E-state index contributed by atoms with van der Waals surface area (Å²) in [5.41, 5.74) is 1.26. The minimum Gasteiger partial charge on any atom is -0.454 e. The van der Waals surface area contributed by atoms with Crippen molar-refractivity contribution in [2.75, 3.05) is 26.4 Å². The Morgan fingerprint density at radius 1 is 1.28 bits per heavy atom. The van der Waals surface area contributed by atoms with Crippen molar-refractivity contribution >= 4 is 0 Å². The fraction of sp³-hybridized carbons (Fsp3) is 0.571. The summed E-state index contributed by atoms with van der Waals surface area (Å²) in [4.78, 5) is 2.33. The molecule has 4 heteroatoms. The minimum atomic E-state index is -0.143. The van der Waals surface area contributed by atoms with Crippen LogP contribution < -0.4 is 9.47 Å². The first-order valence-corrected chi connectivity index (χ1v) is 6.60. The van der Waals surface area contributed by atoms with Crippen LogP contribution in [-0.4, -0.2) is 42.5 Å². The Bertz CT molecular complexity index is 422. The predicted molar refractivity (Wildman–Crippen MR) is 67.9 cm³/mol. The molecule has 0 amide bonds. The highest BCUT2D eigenvalue weighted by molar-refractivity contribution is 5.44. The van der Waals surface area contributed by atoms with Crippen molar-refractivity contribution in [1.82, 2.24) is 4.90 Å². The number of rotatable bonds is 3. The van der Waals surface area contributed by atoms with Gasteiger partial charge in [-0.15, -0.1) is 0 Å². The van der Waals surface area contributed by atoms with Crippen molar-refractivity contribution in [1.29, 1.82) is 0 Å². The van der Waals surface area contributed by atoms with Gasteiger partial charge in [0.15, 0.2) is 11.5 Å². The van der Waals surface area contributed by atoms with E-state index < -0.39 is 0 Å². The lowest BCUT2D eigenvalue weighted by Gasteiger charge is -2.29. The second-order valence-electron chi connectivity index (χ2n) is 5.03. The zero-order chi connectivity index (χ0) is 12.4. The number of hydrogen-bond donors (Lipinski definition) is 1. The molecule has 0 radical (unpaired) electrons. The van der Waals surface area contributed by atoms with E-state index in [0.29, 0.717) is 6.79 Å². The molecule has 1 aromatic carbocycles. The van der Waals surface area contributed by atoms with Crippen LogP contribution in [0.3, 0.4) is 0 Å². The molecule has 0 aromatic heterocycles. The van der Waals surface area contributed by atoms with Crippen LogP contribution in [0, 0.1) is 0 Å². The molecule has 2 aliphatic rings. The molecule has 2 aliphatic heterocycles. The van der Waals surface area contributed by atoms with Gasteiger partial charge in [-0.25, -0.2) is 0 Å². The molecule has 1 aromatic rings. The van der Waals surface area contributed by atoms with Crippen LogP contribution in [0.1, 0.15) is 18.4 Å². The summed E-state index contributed by atoms with van der Waals surface area (Å²) in [5.74, 6) is 1.69.